The summed E-state index contributed by atoms with van der Waals surface area (Å²) in [5.41, 5.74) is 6.38. The standard InChI is InChI=1S/C14H15N3O3S/c15-10-1-2-11-9(7-10)8-12(21-11)13(18)20-6-5-17-4-3-16-14(17)19/h1-2,7-8H,3-6,15H2,(H,16,19). The largest absolute Gasteiger partial charge is 0.460 e. The quantitative estimate of drug-likeness (QED) is 0.664. The molecule has 0 spiro atoms. The van der Waals surface area contributed by atoms with Gasteiger partial charge in [0.1, 0.15) is 11.5 Å². The van der Waals surface area contributed by atoms with Gasteiger partial charge in [0, 0.05) is 23.5 Å². The Hall–Kier alpha value is -2.28. The summed E-state index contributed by atoms with van der Waals surface area (Å²) in [4.78, 5) is 25.5. The van der Waals surface area contributed by atoms with E-state index >= 15 is 0 Å². The van der Waals surface area contributed by atoms with E-state index in [4.69, 9.17) is 10.5 Å². The number of nitrogen functional groups attached to an aromatic ring is 1. The van der Waals surface area contributed by atoms with Crippen LogP contribution in [-0.4, -0.2) is 43.1 Å². The number of esters is 1. The van der Waals surface area contributed by atoms with Gasteiger partial charge in [0.05, 0.1) is 6.54 Å². The predicted octanol–water partition coefficient (Wildman–Crippen LogP) is 1.67. The molecule has 1 aromatic heterocycles. The minimum atomic E-state index is -0.366. The molecule has 110 valence electrons. The molecule has 2 aromatic rings. The average Bonchev–Trinajstić information content (AvgIpc) is 3.05. The Balaban J connectivity index is 1.60. The van der Waals surface area contributed by atoms with E-state index in [1.807, 2.05) is 12.1 Å². The smallest absolute Gasteiger partial charge is 0.348 e. The first-order chi connectivity index (χ1) is 10.1. The highest BCUT2D eigenvalue weighted by Gasteiger charge is 2.19. The van der Waals surface area contributed by atoms with E-state index < -0.39 is 0 Å². The third kappa shape index (κ3) is 2.92. The number of fused-ring (bicyclic) bond motifs is 1. The number of carbonyl (C=O) groups excluding carboxylic acids is 2. The number of nitrogens with two attached hydrogens (primary N) is 1. The van der Waals surface area contributed by atoms with E-state index in [0.29, 0.717) is 30.2 Å². The van der Waals surface area contributed by atoms with Gasteiger partial charge in [-0.2, -0.15) is 0 Å². The summed E-state index contributed by atoms with van der Waals surface area (Å²) in [6.45, 7) is 1.90. The molecule has 6 nitrogen and oxygen atoms in total. The Bertz CT molecular complexity index is 698. The molecule has 0 bridgehead atoms. The van der Waals surface area contributed by atoms with E-state index in [0.717, 1.165) is 10.1 Å². The van der Waals surface area contributed by atoms with Crippen LogP contribution in [0.4, 0.5) is 10.5 Å². The van der Waals surface area contributed by atoms with Gasteiger partial charge in [-0.1, -0.05) is 0 Å². The number of amides is 2. The number of thiophene rings is 1. The van der Waals surface area contributed by atoms with Gasteiger partial charge in [0.15, 0.2) is 0 Å². The first-order valence-corrected chi connectivity index (χ1v) is 7.44. The maximum Gasteiger partial charge on any atom is 0.348 e. The van der Waals surface area contributed by atoms with Crippen molar-refractivity contribution in [3.63, 3.8) is 0 Å². The zero-order valence-electron chi connectivity index (χ0n) is 11.3. The highest BCUT2D eigenvalue weighted by atomic mass is 32.1. The van der Waals surface area contributed by atoms with Gasteiger partial charge in [0.2, 0.25) is 0 Å². The molecule has 1 aromatic carbocycles. The molecular formula is C14H15N3O3S. The fourth-order valence-corrected chi connectivity index (χ4v) is 3.14. The van der Waals surface area contributed by atoms with Crippen molar-refractivity contribution in [2.24, 2.45) is 0 Å². The highest BCUT2D eigenvalue weighted by Crippen LogP contribution is 2.27. The summed E-state index contributed by atoms with van der Waals surface area (Å²) in [5.74, 6) is -0.366. The summed E-state index contributed by atoms with van der Waals surface area (Å²) < 4.78 is 6.21. The van der Waals surface area contributed by atoms with Crippen LogP contribution in [0.25, 0.3) is 10.1 Å². The molecule has 21 heavy (non-hydrogen) atoms. The molecule has 0 unspecified atom stereocenters. The lowest BCUT2D eigenvalue weighted by molar-refractivity contribution is 0.0487. The maximum atomic E-state index is 12.0. The minimum Gasteiger partial charge on any atom is -0.460 e. The lowest BCUT2D eigenvalue weighted by Gasteiger charge is -2.13. The van der Waals surface area contributed by atoms with Crippen molar-refractivity contribution < 1.29 is 14.3 Å². The third-order valence-electron chi connectivity index (χ3n) is 3.28. The van der Waals surface area contributed by atoms with Crippen molar-refractivity contribution in [3.8, 4) is 0 Å². The molecule has 2 heterocycles. The number of hydrogen-bond donors (Lipinski definition) is 2. The molecule has 3 rings (SSSR count). The van der Waals surface area contributed by atoms with Crippen molar-refractivity contribution in [3.05, 3.63) is 29.1 Å². The minimum absolute atomic E-state index is 0.108. The van der Waals surface area contributed by atoms with Gasteiger partial charge < -0.3 is 20.7 Å². The predicted molar refractivity (Wildman–Crippen MR) is 81.5 cm³/mol. The molecule has 1 aliphatic rings. The zero-order chi connectivity index (χ0) is 14.8. The molecular weight excluding hydrogens is 290 g/mol. The van der Waals surface area contributed by atoms with Gasteiger partial charge in [-0.15, -0.1) is 11.3 Å². The summed E-state index contributed by atoms with van der Waals surface area (Å²) >= 11 is 1.37. The van der Waals surface area contributed by atoms with Crippen LogP contribution in [0.15, 0.2) is 24.3 Å². The number of anilines is 1. The van der Waals surface area contributed by atoms with Crippen molar-refractivity contribution in [1.29, 1.82) is 0 Å². The van der Waals surface area contributed by atoms with Crippen LogP contribution >= 0.6 is 11.3 Å². The summed E-state index contributed by atoms with van der Waals surface area (Å²) in [6.07, 6.45) is 0. The van der Waals surface area contributed by atoms with Crippen molar-refractivity contribution in [2.45, 2.75) is 0 Å². The Morgan fingerprint density at radius 3 is 3.05 bits per heavy atom. The topological polar surface area (TPSA) is 84.7 Å². The van der Waals surface area contributed by atoms with Gasteiger partial charge in [-0.3, -0.25) is 0 Å². The summed E-state index contributed by atoms with van der Waals surface area (Å²) in [5, 5.41) is 3.64. The van der Waals surface area contributed by atoms with Crippen LogP contribution in [0, 0.1) is 0 Å². The Kier molecular flexibility index (Phi) is 3.66. The number of urea groups is 1. The number of hydrogen-bond acceptors (Lipinski definition) is 5. The monoisotopic (exact) mass is 305 g/mol. The Morgan fingerprint density at radius 1 is 1.43 bits per heavy atom. The first-order valence-electron chi connectivity index (χ1n) is 6.62. The molecule has 0 atom stereocenters. The molecule has 1 fully saturated rings. The Labute approximate surface area is 125 Å². The molecule has 7 heteroatoms. The van der Waals surface area contributed by atoms with Crippen LogP contribution in [0.5, 0.6) is 0 Å². The normalized spacial score (nSPS) is 14.5. The van der Waals surface area contributed by atoms with Crippen LogP contribution in [0.3, 0.4) is 0 Å². The lowest BCUT2D eigenvalue weighted by Crippen LogP contribution is -2.31. The van der Waals surface area contributed by atoms with Crippen LogP contribution in [0.1, 0.15) is 9.67 Å². The van der Waals surface area contributed by atoms with E-state index in [-0.39, 0.29) is 18.6 Å². The van der Waals surface area contributed by atoms with Gasteiger partial charge in [-0.05, 0) is 29.7 Å². The molecule has 1 saturated heterocycles. The molecule has 0 saturated carbocycles. The average molecular weight is 305 g/mol. The SMILES string of the molecule is Nc1ccc2sc(C(=O)OCCN3CCNC3=O)cc2c1. The summed E-state index contributed by atoms with van der Waals surface area (Å²) in [6, 6.07) is 7.20. The van der Waals surface area contributed by atoms with E-state index in [9.17, 15) is 9.59 Å². The summed E-state index contributed by atoms with van der Waals surface area (Å²) in [7, 11) is 0. The fourth-order valence-electron chi connectivity index (χ4n) is 2.21. The second-order valence-electron chi connectivity index (χ2n) is 4.76. The molecule has 3 N–H and O–H groups in total. The second-order valence-corrected chi connectivity index (χ2v) is 5.85. The number of ether oxygens (including phenoxy) is 1. The highest BCUT2D eigenvalue weighted by molar-refractivity contribution is 7.20. The molecule has 2 amide bonds. The number of nitrogens with one attached hydrogen (secondary N) is 1. The van der Waals surface area contributed by atoms with Crippen molar-refractivity contribution >= 4 is 39.1 Å². The van der Waals surface area contributed by atoms with Crippen LogP contribution < -0.4 is 11.1 Å². The molecule has 1 aliphatic heterocycles. The number of benzene rings is 1. The van der Waals surface area contributed by atoms with Crippen molar-refractivity contribution in [1.82, 2.24) is 10.2 Å². The lowest BCUT2D eigenvalue weighted by atomic mass is 10.2. The zero-order valence-corrected chi connectivity index (χ0v) is 12.1. The van der Waals surface area contributed by atoms with Crippen LogP contribution in [0.2, 0.25) is 0 Å². The van der Waals surface area contributed by atoms with Gasteiger partial charge in [0.25, 0.3) is 0 Å². The Morgan fingerprint density at radius 2 is 2.29 bits per heavy atom. The van der Waals surface area contributed by atoms with E-state index in [1.165, 1.54) is 11.3 Å². The molecule has 0 aliphatic carbocycles. The number of nitrogens with zero attached hydrogens (tertiary/aromatic N) is 1. The van der Waals surface area contributed by atoms with Gasteiger partial charge in [-0.25, -0.2) is 9.59 Å². The van der Waals surface area contributed by atoms with E-state index in [2.05, 4.69) is 5.32 Å². The van der Waals surface area contributed by atoms with Crippen LogP contribution in [-0.2, 0) is 4.74 Å². The maximum absolute atomic E-state index is 12.0. The molecule has 0 radical (unpaired) electrons. The number of carbonyl (C=O) groups is 2. The fraction of sp³-hybridized carbons (Fsp3) is 0.286. The van der Waals surface area contributed by atoms with Gasteiger partial charge >= 0.3 is 12.0 Å². The number of rotatable bonds is 4. The van der Waals surface area contributed by atoms with Crippen molar-refractivity contribution in [2.75, 3.05) is 32.0 Å². The second kappa shape index (κ2) is 5.61. The third-order valence-corrected chi connectivity index (χ3v) is 4.38. The first kappa shape index (κ1) is 13.7. The van der Waals surface area contributed by atoms with E-state index in [1.54, 1.807) is 17.0 Å².